The average Bonchev–Trinajstić information content (AvgIpc) is 2.73. The van der Waals surface area contributed by atoms with Crippen LogP contribution in [0.15, 0.2) is 48.5 Å². The Labute approximate surface area is 116 Å². The minimum absolute atomic E-state index is 0.00207. The summed E-state index contributed by atoms with van der Waals surface area (Å²) in [4.78, 5) is 13.9. The molecule has 20 heavy (non-hydrogen) atoms. The van der Waals surface area contributed by atoms with Gasteiger partial charge in [0, 0.05) is 17.7 Å². The minimum Gasteiger partial charge on any atom is -0.396 e. The van der Waals surface area contributed by atoms with Gasteiger partial charge in [0.05, 0.1) is 5.69 Å². The van der Waals surface area contributed by atoms with Gasteiger partial charge in [-0.2, -0.15) is 0 Å². The van der Waals surface area contributed by atoms with Crippen LogP contribution in [0.3, 0.4) is 0 Å². The third-order valence-corrected chi connectivity index (χ3v) is 3.57. The Morgan fingerprint density at radius 2 is 1.75 bits per heavy atom. The van der Waals surface area contributed by atoms with E-state index in [0.717, 1.165) is 5.56 Å². The largest absolute Gasteiger partial charge is 0.396 e. The number of para-hydroxylation sites is 1. The quantitative estimate of drug-likeness (QED) is 0.894. The maximum atomic E-state index is 12.5. The zero-order chi connectivity index (χ0) is 14.1. The van der Waals surface area contributed by atoms with Gasteiger partial charge < -0.3 is 10.2 Å². The van der Waals surface area contributed by atoms with E-state index in [1.54, 1.807) is 30.3 Å². The predicted molar refractivity (Wildman–Crippen MR) is 75.4 cm³/mol. The van der Waals surface area contributed by atoms with Gasteiger partial charge in [0.2, 0.25) is 0 Å². The Morgan fingerprint density at radius 3 is 2.50 bits per heavy atom. The molecular formula is C16H15NO3. The normalized spacial score (nSPS) is 17.4. The van der Waals surface area contributed by atoms with Crippen LogP contribution in [-0.4, -0.2) is 22.7 Å². The topological polar surface area (TPSA) is 60.8 Å². The van der Waals surface area contributed by atoms with Crippen molar-refractivity contribution < 1.29 is 15.0 Å². The highest BCUT2D eigenvalue weighted by atomic mass is 16.3. The van der Waals surface area contributed by atoms with Crippen LogP contribution < -0.4 is 4.90 Å². The molecule has 1 aliphatic rings. The number of anilines is 1. The number of amides is 1. The average molecular weight is 269 g/mol. The van der Waals surface area contributed by atoms with E-state index in [2.05, 4.69) is 0 Å². The Morgan fingerprint density at radius 1 is 1.05 bits per heavy atom. The lowest BCUT2D eigenvalue weighted by atomic mass is 10.1. The summed E-state index contributed by atoms with van der Waals surface area (Å²) in [5, 5.41) is 19.5. The second-order valence-electron chi connectivity index (χ2n) is 4.74. The molecule has 2 N–H and O–H groups in total. The third-order valence-electron chi connectivity index (χ3n) is 3.57. The highest BCUT2D eigenvalue weighted by molar-refractivity contribution is 6.11. The van der Waals surface area contributed by atoms with Gasteiger partial charge in [-0.1, -0.05) is 36.4 Å². The Balaban J connectivity index is 2.07. The van der Waals surface area contributed by atoms with Crippen molar-refractivity contribution in [1.82, 2.24) is 0 Å². The molecule has 0 saturated heterocycles. The number of rotatable bonds is 3. The molecule has 1 unspecified atom stereocenters. The minimum atomic E-state index is -0.974. The molecule has 0 saturated carbocycles. The molecule has 0 fully saturated rings. The van der Waals surface area contributed by atoms with Crippen molar-refractivity contribution >= 4 is 11.6 Å². The first-order valence-electron chi connectivity index (χ1n) is 6.53. The van der Waals surface area contributed by atoms with E-state index in [0.29, 0.717) is 23.2 Å². The van der Waals surface area contributed by atoms with Gasteiger partial charge in [-0.25, -0.2) is 0 Å². The van der Waals surface area contributed by atoms with Crippen molar-refractivity contribution in [3.8, 4) is 0 Å². The standard InChI is InChI=1S/C16H15NO3/c18-10-9-11-5-1-4-8-14(11)17-15(19)12-6-2-3-7-13(12)16(17)20/h1-8,15,18-19H,9-10H2. The van der Waals surface area contributed by atoms with Gasteiger partial charge in [0.1, 0.15) is 0 Å². The van der Waals surface area contributed by atoms with Crippen LogP contribution in [0, 0.1) is 0 Å². The lowest BCUT2D eigenvalue weighted by Crippen LogP contribution is -2.28. The summed E-state index contributed by atoms with van der Waals surface area (Å²) in [6, 6.07) is 14.4. The molecule has 102 valence electrons. The van der Waals surface area contributed by atoms with Crippen LogP contribution in [0.2, 0.25) is 0 Å². The molecule has 1 heterocycles. The predicted octanol–water partition coefficient (Wildman–Crippen LogP) is 1.87. The molecular weight excluding hydrogens is 254 g/mol. The van der Waals surface area contributed by atoms with Crippen molar-refractivity contribution in [2.45, 2.75) is 12.6 Å². The molecule has 0 aromatic heterocycles. The fourth-order valence-corrected chi connectivity index (χ4v) is 2.62. The van der Waals surface area contributed by atoms with Crippen LogP contribution >= 0.6 is 0 Å². The number of hydrogen-bond donors (Lipinski definition) is 2. The molecule has 0 radical (unpaired) electrons. The summed E-state index contributed by atoms with van der Waals surface area (Å²) in [5.74, 6) is -0.210. The molecule has 4 heteroatoms. The van der Waals surface area contributed by atoms with Gasteiger partial charge in [-0.15, -0.1) is 0 Å². The number of benzene rings is 2. The number of fused-ring (bicyclic) bond motifs is 1. The molecule has 1 atom stereocenters. The van der Waals surface area contributed by atoms with E-state index in [9.17, 15) is 9.90 Å². The first kappa shape index (κ1) is 12.8. The van der Waals surface area contributed by atoms with Crippen LogP contribution in [0.4, 0.5) is 5.69 Å². The van der Waals surface area contributed by atoms with Crippen molar-refractivity contribution in [3.63, 3.8) is 0 Å². The maximum Gasteiger partial charge on any atom is 0.261 e. The summed E-state index contributed by atoms with van der Waals surface area (Å²) in [6.45, 7) is 0.00207. The molecule has 0 spiro atoms. The number of carbonyl (C=O) groups is 1. The van der Waals surface area contributed by atoms with Crippen LogP contribution in [-0.2, 0) is 6.42 Å². The van der Waals surface area contributed by atoms with Gasteiger partial charge in [-0.3, -0.25) is 9.69 Å². The number of nitrogens with zero attached hydrogens (tertiary/aromatic N) is 1. The lowest BCUT2D eigenvalue weighted by Gasteiger charge is -2.23. The van der Waals surface area contributed by atoms with Crippen molar-refractivity contribution in [2.75, 3.05) is 11.5 Å². The number of aliphatic hydroxyl groups is 2. The Bertz CT molecular complexity index is 654. The number of aliphatic hydroxyl groups excluding tert-OH is 2. The van der Waals surface area contributed by atoms with Gasteiger partial charge >= 0.3 is 0 Å². The van der Waals surface area contributed by atoms with E-state index in [4.69, 9.17) is 5.11 Å². The smallest absolute Gasteiger partial charge is 0.261 e. The Hall–Kier alpha value is -2.17. The second-order valence-corrected chi connectivity index (χ2v) is 4.74. The second kappa shape index (κ2) is 5.07. The lowest BCUT2D eigenvalue weighted by molar-refractivity contribution is 0.0934. The van der Waals surface area contributed by atoms with Crippen LogP contribution in [0.1, 0.15) is 27.7 Å². The van der Waals surface area contributed by atoms with E-state index < -0.39 is 6.23 Å². The molecule has 0 aliphatic carbocycles. The molecule has 2 aromatic rings. The van der Waals surface area contributed by atoms with Crippen LogP contribution in [0.5, 0.6) is 0 Å². The summed E-state index contributed by atoms with van der Waals surface area (Å²) in [5.41, 5.74) is 2.64. The molecule has 2 aromatic carbocycles. The summed E-state index contributed by atoms with van der Waals surface area (Å²) in [6.07, 6.45) is -0.526. The fraction of sp³-hybridized carbons (Fsp3) is 0.188. The monoisotopic (exact) mass is 269 g/mol. The summed E-state index contributed by atoms with van der Waals surface area (Å²) in [7, 11) is 0. The maximum absolute atomic E-state index is 12.5. The summed E-state index contributed by atoms with van der Waals surface area (Å²) < 4.78 is 0. The van der Waals surface area contributed by atoms with E-state index >= 15 is 0 Å². The molecule has 1 aliphatic heterocycles. The molecule has 4 nitrogen and oxygen atoms in total. The van der Waals surface area contributed by atoms with E-state index in [1.807, 2.05) is 18.2 Å². The zero-order valence-electron chi connectivity index (χ0n) is 10.9. The SMILES string of the molecule is O=C1c2ccccc2C(O)N1c1ccccc1CCO. The number of hydrogen-bond acceptors (Lipinski definition) is 3. The summed E-state index contributed by atoms with van der Waals surface area (Å²) >= 11 is 0. The first-order chi connectivity index (χ1) is 9.74. The molecule has 3 rings (SSSR count). The van der Waals surface area contributed by atoms with Crippen molar-refractivity contribution in [1.29, 1.82) is 0 Å². The zero-order valence-corrected chi connectivity index (χ0v) is 10.9. The van der Waals surface area contributed by atoms with Gasteiger partial charge in [0.15, 0.2) is 6.23 Å². The molecule has 1 amide bonds. The van der Waals surface area contributed by atoms with Crippen LogP contribution in [0.25, 0.3) is 0 Å². The van der Waals surface area contributed by atoms with E-state index in [1.165, 1.54) is 4.90 Å². The Kier molecular flexibility index (Phi) is 3.26. The highest BCUT2D eigenvalue weighted by Gasteiger charge is 2.36. The molecule has 0 bridgehead atoms. The van der Waals surface area contributed by atoms with Gasteiger partial charge in [0.25, 0.3) is 5.91 Å². The van der Waals surface area contributed by atoms with Gasteiger partial charge in [-0.05, 0) is 24.1 Å². The van der Waals surface area contributed by atoms with Crippen molar-refractivity contribution in [3.05, 3.63) is 65.2 Å². The fourth-order valence-electron chi connectivity index (χ4n) is 2.62. The number of carbonyl (C=O) groups excluding carboxylic acids is 1. The van der Waals surface area contributed by atoms with Crippen molar-refractivity contribution in [2.24, 2.45) is 0 Å². The first-order valence-corrected chi connectivity index (χ1v) is 6.53. The third kappa shape index (κ3) is 1.90. The van der Waals surface area contributed by atoms with E-state index in [-0.39, 0.29) is 12.5 Å². The highest BCUT2D eigenvalue weighted by Crippen LogP contribution is 2.37.